The number of hydrogen-bond donors (Lipinski definition) is 1. The lowest BCUT2D eigenvalue weighted by molar-refractivity contribution is -0.142. The summed E-state index contributed by atoms with van der Waals surface area (Å²) in [7, 11) is 0. The molecule has 0 radical (unpaired) electrons. The van der Waals surface area contributed by atoms with Gasteiger partial charge in [0.1, 0.15) is 0 Å². The van der Waals surface area contributed by atoms with Gasteiger partial charge < -0.3 is 9.84 Å². The molecule has 0 unspecified atom stereocenters. The molecule has 0 aliphatic carbocycles. The first-order valence-electron chi connectivity index (χ1n) is 4.37. The van der Waals surface area contributed by atoms with Crippen molar-refractivity contribution in [2.45, 2.75) is 26.7 Å². The Labute approximate surface area is 68.6 Å². The van der Waals surface area contributed by atoms with Gasteiger partial charge in [0.25, 0.3) is 0 Å². The fraction of sp³-hybridized carbons (Fsp3) is 1.00. The zero-order valence-electron chi connectivity index (χ0n) is 7.47. The molecule has 1 aliphatic rings. The summed E-state index contributed by atoms with van der Waals surface area (Å²) in [5.74, 6) is 0.735. The highest BCUT2D eigenvalue weighted by molar-refractivity contribution is 4.84. The minimum atomic E-state index is 0.129. The Bertz CT molecular complexity index is 111. The van der Waals surface area contributed by atoms with Crippen LogP contribution in [-0.4, -0.2) is 24.9 Å². The summed E-state index contributed by atoms with van der Waals surface area (Å²) >= 11 is 0. The lowest BCUT2D eigenvalue weighted by Crippen LogP contribution is -2.45. The van der Waals surface area contributed by atoms with E-state index < -0.39 is 0 Å². The molecule has 0 atom stereocenters. The Hall–Kier alpha value is -0.0800. The maximum absolute atomic E-state index is 9.07. The second kappa shape index (κ2) is 3.55. The minimum absolute atomic E-state index is 0.129. The average Bonchev–Trinajstić information content (AvgIpc) is 1.86. The van der Waals surface area contributed by atoms with Crippen molar-refractivity contribution in [1.29, 1.82) is 0 Å². The van der Waals surface area contributed by atoms with Crippen LogP contribution in [0.15, 0.2) is 0 Å². The Morgan fingerprint density at radius 2 is 2.09 bits per heavy atom. The molecule has 1 saturated heterocycles. The van der Waals surface area contributed by atoms with Gasteiger partial charge in [0.15, 0.2) is 0 Å². The van der Waals surface area contributed by atoms with Crippen molar-refractivity contribution in [1.82, 2.24) is 0 Å². The number of aliphatic hydroxyl groups excluding tert-OH is 1. The molecular formula is C9H18O2. The van der Waals surface area contributed by atoms with Crippen molar-refractivity contribution in [3.63, 3.8) is 0 Å². The van der Waals surface area contributed by atoms with Crippen LogP contribution in [0.1, 0.15) is 26.7 Å². The Kier molecular flexibility index (Phi) is 2.90. The molecule has 1 aliphatic heterocycles. The van der Waals surface area contributed by atoms with Crippen LogP contribution >= 0.6 is 0 Å². The summed E-state index contributed by atoms with van der Waals surface area (Å²) < 4.78 is 5.10. The van der Waals surface area contributed by atoms with E-state index in [4.69, 9.17) is 9.84 Å². The second-order valence-corrected chi connectivity index (χ2v) is 4.08. The molecule has 1 heterocycles. The van der Waals surface area contributed by atoms with Gasteiger partial charge in [0.05, 0.1) is 19.8 Å². The van der Waals surface area contributed by atoms with Crippen LogP contribution in [0.2, 0.25) is 0 Å². The molecule has 11 heavy (non-hydrogen) atoms. The van der Waals surface area contributed by atoms with E-state index in [-0.39, 0.29) is 5.41 Å². The predicted octanol–water partition coefficient (Wildman–Crippen LogP) is 1.43. The van der Waals surface area contributed by atoms with E-state index in [1.54, 1.807) is 0 Å². The van der Waals surface area contributed by atoms with Crippen LogP contribution < -0.4 is 0 Å². The summed E-state index contributed by atoms with van der Waals surface area (Å²) in [5.41, 5.74) is 0.129. The van der Waals surface area contributed by atoms with Gasteiger partial charge in [-0.05, 0) is 12.3 Å². The average molecular weight is 158 g/mol. The lowest BCUT2D eigenvalue weighted by Gasteiger charge is -2.40. The molecule has 1 N–H and O–H groups in total. The number of aliphatic hydroxyl groups is 1. The molecule has 0 amide bonds. The maximum Gasteiger partial charge on any atom is 0.0566 e. The molecule has 0 saturated carbocycles. The van der Waals surface area contributed by atoms with E-state index in [0.717, 1.165) is 25.6 Å². The molecule has 1 fully saturated rings. The van der Waals surface area contributed by atoms with Crippen LogP contribution in [0, 0.1) is 11.3 Å². The van der Waals surface area contributed by atoms with Crippen LogP contribution in [0.4, 0.5) is 0 Å². The third kappa shape index (κ3) is 2.17. The largest absolute Gasteiger partial charge is 0.396 e. The summed E-state index contributed by atoms with van der Waals surface area (Å²) in [6.45, 7) is 6.24. The van der Waals surface area contributed by atoms with E-state index in [2.05, 4.69) is 13.8 Å². The third-order valence-corrected chi connectivity index (χ3v) is 2.40. The van der Waals surface area contributed by atoms with Crippen LogP contribution in [0.5, 0.6) is 0 Å². The maximum atomic E-state index is 9.07. The van der Waals surface area contributed by atoms with Gasteiger partial charge in [0.2, 0.25) is 0 Å². The van der Waals surface area contributed by atoms with E-state index in [0.29, 0.717) is 6.61 Å². The fourth-order valence-corrected chi connectivity index (χ4v) is 1.30. The predicted molar refractivity (Wildman–Crippen MR) is 44.4 cm³/mol. The first-order valence-corrected chi connectivity index (χ1v) is 4.37. The second-order valence-electron chi connectivity index (χ2n) is 4.08. The van der Waals surface area contributed by atoms with Crippen molar-refractivity contribution in [3.8, 4) is 0 Å². The summed E-state index contributed by atoms with van der Waals surface area (Å²) in [6, 6.07) is 0. The van der Waals surface area contributed by atoms with E-state index >= 15 is 0 Å². The highest BCUT2D eigenvalue weighted by Crippen LogP contribution is 2.33. The lowest BCUT2D eigenvalue weighted by atomic mass is 9.80. The van der Waals surface area contributed by atoms with Crippen LogP contribution in [-0.2, 0) is 4.74 Å². The van der Waals surface area contributed by atoms with Crippen LogP contribution in [0.3, 0.4) is 0 Å². The molecular weight excluding hydrogens is 140 g/mol. The molecule has 2 nitrogen and oxygen atoms in total. The monoisotopic (exact) mass is 158 g/mol. The Balaban J connectivity index is 2.22. The third-order valence-electron chi connectivity index (χ3n) is 2.40. The zero-order valence-corrected chi connectivity index (χ0v) is 7.47. The van der Waals surface area contributed by atoms with E-state index in [1.807, 2.05) is 0 Å². The molecule has 0 aromatic heterocycles. The minimum Gasteiger partial charge on any atom is -0.396 e. The van der Waals surface area contributed by atoms with Crippen LogP contribution in [0.25, 0.3) is 0 Å². The molecule has 66 valence electrons. The van der Waals surface area contributed by atoms with Gasteiger partial charge in [-0.25, -0.2) is 0 Å². The van der Waals surface area contributed by atoms with Gasteiger partial charge in [-0.1, -0.05) is 20.3 Å². The molecule has 0 aromatic rings. The van der Waals surface area contributed by atoms with E-state index in [9.17, 15) is 0 Å². The van der Waals surface area contributed by atoms with Crippen molar-refractivity contribution >= 4 is 0 Å². The summed E-state index contributed by atoms with van der Waals surface area (Å²) in [6.07, 6.45) is 2.31. The molecule has 1 rings (SSSR count). The number of ether oxygens (including phenoxy) is 1. The van der Waals surface area contributed by atoms with Crippen molar-refractivity contribution in [2.24, 2.45) is 11.3 Å². The standard InChI is InChI=1S/C9H18O2/c1-8(2)3-4-9(5-10)6-11-7-9/h8,10H,3-7H2,1-2H3. The van der Waals surface area contributed by atoms with E-state index in [1.165, 1.54) is 6.42 Å². The van der Waals surface area contributed by atoms with Gasteiger partial charge in [-0.2, -0.15) is 0 Å². The Morgan fingerprint density at radius 3 is 2.36 bits per heavy atom. The first kappa shape index (κ1) is 9.01. The quantitative estimate of drug-likeness (QED) is 0.670. The number of hydrogen-bond acceptors (Lipinski definition) is 2. The molecule has 2 heteroatoms. The summed E-state index contributed by atoms with van der Waals surface area (Å²) in [4.78, 5) is 0. The molecule has 0 aromatic carbocycles. The normalized spacial score (nSPS) is 21.8. The van der Waals surface area contributed by atoms with Gasteiger partial charge >= 0.3 is 0 Å². The zero-order chi connectivity index (χ0) is 8.32. The van der Waals surface area contributed by atoms with Gasteiger partial charge in [-0.3, -0.25) is 0 Å². The van der Waals surface area contributed by atoms with Crippen molar-refractivity contribution < 1.29 is 9.84 Å². The fourth-order valence-electron chi connectivity index (χ4n) is 1.30. The van der Waals surface area contributed by atoms with Crippen molar-refractivity contribution in [3.05, 3.63) is 0 Å². The Morgan fingerprint density at radius 1 is 1.45 bits per heavy atom. The van der Waals surface area contributed by atoms with Gasteiger partial charge in [-0.15, -0.1) is 0 Å². The topological polar surface area (TPSA) is 29.5 Å². The van der Waals surface area contributed by atoms with Crippen molar-refractivity contribution in [2.75, 3.05) is 19.8 Å². The highest BCUT2D eigenvalue weighted by atomic mass is 16.5. The smallest absolute Gasteiger partial charge is 0.0566 e. The molecule has 0 bridgehead atoms. The highest BCUT2D eigenvalue weighted by Gasteiger charge is 2.37. The SMILES string of the molecule is CC(C)CCC1(CO)COC1. The van der Waals surface area contributed by atoms with Gasteiger partial charge in [0, 0.05) is 5.41 Å². The molecule has 0 spiro atoms. The first-order chi connectivity index (χ1) is 5.18. The summed E-state index contributed by atoms with van der Waals surface area (Å²) in [5, 5.41) is 9.07. The number of rotatable bonds is 4.